The smallest absolute Gasteiger partial charge is 0.240 e. The van der Waals surface area contributed by atoms with Crippen LogP contribution in [0.4, 0.5) is 11.4 Å². The SMILES string of the molecule is CC(=O)N(CC(=O)NCc1ccncc1)c1ccc(N2CCC(C)CC2)cc1. The first-order valence-corrected chi connectivity index (χ1v) is 9.81. The molecule has 0 atom stereocenters. The molecule has 0 aliphatic carbocycles. The zero-order valence-corrected chi connectivity index (χ0v) is 16.6. The Morgan fingerprint density at radius 3 is 2.36 bits per heavy atom. The molecule has 1 saturated heterocycles. The maximum absolute atomic E-state index is 12.3. The van der Waals surface area contributed by atoms with Crippen LogP contribution >= 0.6 is 0 Å². The van der Waals surface area contributed by atoms with Crippen molar-refractivity contribution in [3.63, 3.8) is 0 Å². The quantitative estimate of drug-likeness (QED) is 0.837. The highest BCUT2D eigenvalue weighted by Crippen LogP contribution is 2.25. The van der Waals surface area contributed by atoms with E-state index in [0.717, 1.165) is 30.3 Å². The van der Waals surface area contributed by atoms with Crippen LogP contribution in [-0.2, 0) is 16.1 Å². The van der Waals surface area contributed by atoms with Gasteiger partial charge in [-0.15, -0.1) is 0 Å². The Morgan fingerprint density at radius 1 is 1.11 bits per heavy atom. The summed E-state index contributed by atoms with van der Waals surface area (Å²) in [6.45, 7) is 6.32. The van der Waals surface area contributed by atoms with Crippen LogP contribution in [0.3, 0.4) is 0 Å². The second-order valence-corrected chi connectivity index (χ2v) is 7.42. The van der Waals surface area contributed by atoms with Gasteiger partial charge in [-0.2, -0.15) is 0 Å². The van der Waals surface area contributed by atoms with Crippen molar-refractivity contribution in [2.24, 2.45) is 5.92 Å². The summed E-state index contributed by atoms with van der Waals surface area (Å²) in [5.41, 5.74) is 2.87. The summed E-state index contributed by atoms with van der Waals surface area (Å²) in [4.78, 5) is 32.3. The van der Waals surface area contributed by atoms with Gasteiger partial charge < -0.3 is 15.1 Å². The summed E-state index contributed by atoms with van der Waals surface area (Å²) >= 11 is 0. The van der Waals surface area contributed by atoms with Crippen LogP contribution < -0.4 is 15.1 Å². The maximum Gasteiger partial charge on any atom is 0.240 e. The van der Waals surface area contributed by atoms with Crippen LogP contribution in [0, 0.1) is 5.92 Å². The van der Waals surface area contributed by atoms with Gasteiger partial charge in [-0.1, -0.05) is 6.92 Å². The molecule has 0 spiro atoms. The Balaban J connectivity index is 1.60. The van der Waals surface area contributed by atoms with Gasteiger partial charge in [0.15, 0.2) is 0 Å². The van der Waals surface area contributed by atoms with Crippen LogP contribution in [0.15, 0.2) is 48.8 Å². The van der Waals surface area contributed by atoms with Crippen molar-refractivity contribution in [1.29, 1.82) is 0 Å². The molecule has 28 heavy (non-hydrogen) atoms. The molecule has 2 aromatic rings. The average Bonchev–Trinajstić information content (AvgIpc) is 2.72. The molecule has 0 saturated carbocycles. The molecule has 1 N–H and O–H groups in total. The van der Waals surface area contributed by atoms with Gasteiger partial charge in [-0.25, -0.2) is 0 Å². The van der Waals surface area contributed by atoms with Crippen molar-refractivity contribution in [2.45, 2.75) is 33.2 Å². The van der Waals surface area contributed by atoms with Crippen LogP contribution in [0.25, 0.3) is 0 Å². The third-order valence-electron chi connectivity index (χ3n) is 5.23. The van der Waals surface area contributed by atoms with E-state index in [9.17, 15) is 9.59 Å². The Hall–Kier alpha value is -2.89. The second kappa shape index (κ2) is 9.35. The number of nitrogens with zero attached hydrogens (tertiary/aromatic N) is 3. The monoisotopic (exact) mass is 380 g/mol. The molecule has 3 rings (SSSR count). The molecule has 1 aromatic heterocycles. The number of pyridine rings is 1. The van der Waals surface area contributed by atoms with Crippen molar-refractivity contribution in [2.75, 3.05) is 29.4 Å². The number of rotatable bonds is 6. The fourth-order valence-electron chi connectivity index (χ4n) is 3.40. The van der Waals surface area contributed by atoms with Gasteiger partial charge >= 0.3 is 0 Å². The van der Waals surface area contributed by atoms with E-state index >= 15 is 0 Å². The molecule has 1 aromatic carbocycles. The fourth-order valence-corrected chi connectivity index (χ4v) is 3.40. The maximum atomic E-state index is 12.3. The minimum atomic E-state index is -0.193. The molecule has 6 nitrogen and oxygen atoms in total. The number of benzene rings is 1. The highest BCUT2D eigenvalue weighted by Gasteiger charge is 2.18. The third kappa shape index (κ3) is 5.31. The number of carbonyl (C=O) groups excluding carboxylic acids is 2. The highest BCUT2D eigenvalue weighted by molar-refractivity contribution is 5.97. The predicted octanol–water partition coefficient (Wildman–Crippen LogP) is 2.99. The predicted molar refractivity (Wildman–Crippen MR) is 111 cm³/mol. The van der Waals surface area contributed by atoms with Gasteiger partial charge in [-0.05, 0) is 60.7 Å². The van der Waals surface area contributed by atoms with Crippen LogP contribution in [0.5, 0.6) is 0 Å². The molecule has 1 aliphatic heterocycles. The van der Waals surface area contributed by atoms with E-state index in [4.69, 9.17) is 0 Å². The average molecular weight is 380 g/mol. The van der Waals surface area contributed by atoms with Crippen molar-refractivity contribution >= 4 is 23.2 Å². The normalized spacial score (nSPS) is 14.6. The number of nitrogens with one attached hydrogen (secondary N) is 1. The molecule has 0 unspecified atom stereocenters. The van der Waals surface area contributed by atoms with Gasteiger partial charge in [0.1, 0.15) is 6.54 Å². The largest absolute Gasteiger partial charge is 0.372 e. The Labute approximate surface area is 166 Å². The number of hydrogen-bond donors (Lipinski definition) is 1. The van der Waals surface area contributed by atoms with Crippen molar-refractivity contribution in [1.82, 2.24) is 10.3 Å². The summed E-state index contributed by atoms with van der Waals surface area (Å²) in [6, 6.07) is 11.6. The lowest BCUT2D eigenvalue weighted by atomic mass is 9.99. The summed E-state index contributed by atoms with van der Waals surface area (Å²) < 4.78 is 0. The Kier molecular flexibility index (Phi) is 6.63. The van der Waals surface area contributed by atoms with Crippen LogP contribution in [0.1, 0.15) is 32.3 Å². The van der Waals surface area contributed by atoms with Gasteiger partial charge in [0.05, 0.1) is 0 Å². The number of aromatic nitrogens is 1. The first kappa shape index (κ1) is 19.9. The first-order chi connectivity index (χ1) is 13.5. The van der Waals surface area contributed by atoms with Crippen LogP contribution in [0.2, 0.25) is 0 Å². The Morgan fingerprint density at radius 2 is 1.75 bits per heavy atom. The van der Waals surface area contributed by atoms with Crippen LogP contribution in [-0.4, -0.2) is 36.4 Å². The summed E-state index contributed by atoms with van der Waals surface area (Å²) in [5.74, 6) is 0.439. The van der Waals surface area contributed by atoms with Crippen molar-refractivity contribution < 1.29 is 9.59 Å². The molecule has 1 aliphatic rings. The minimum Gasteiger partial charge on any atom is -0.372 e. The van der Waals surface area contributed by atoms with E-state index in [1.54, 1.807) is 12.4 Å². The van der Waals surface area contributed by atoms with E-state index in [2.05, 4.69) is 22.1 Å². The standard InChI is InChI=1S/C22H28N4O2/c1-17-9-13-25(14-10-17)20-3-5-21(6-4-20)26(18(2)27)16-22(28)24-15-19-7-11-23-12-8-19/h3-8,11-12,17H,9-10,13-16H2,1-2H3,(H,24,28). The van der Waals surface area contributed by atoms with Gasteiger partial charge in [0, 0.05) is 50.3 Å². The molecule has 2 heterocycles. The van der Waals surface area contributed by atoms with Crippen molar-refractivity contribution in [3.8, 4) is 0 Å². The van der Waals surface area contributed by atoms with Gasteiger partial charge in [0.25, 0.3) is 0 Å². The van der Waals surface area contributed by atoms with E-state index in [1.165, 1.54) is 30.4 Å². The summed E-state index contributed by atoms with van der Waals surface area (Å²) in [5, 5.41) is 2.85. The molecular formula is C22H28N4O2. The zero-order valence-electron chi connectivity index (χ0n) is 16.6. The number of piperidine rings is 1. The molecule has 2 amide bonds. The molecular weight excluding hydrogens is 352 g/mol. The molecule has 6 heteroatoms. The Bertz CT molecular complexity index is 784. The molecule has 0 radical (unpaired) electrons. The third-order valence-corrected chi connectivity index (χ3v) is 5.23. The number of amides is 2. The van der Waals surface area contributed by atoms with Crippen molar-refractivity contribution in [3.05, 3.63) is 54.4 Å². The summed E-state index contributed by atoms with van der Waals surface area (Å²) in [7, 11) is 0. The molecule has 0 bridgehead atoms. The number of hydrogen-bond acceptors (Lipinski definition) is 4. The molecule has 1 fully saturated rings. The lowest BCUT2D eigenvalue weighted by Gasteiger charge is -2.32. The molecule has 148 valence electrons. The van der Waals surface area contributed by atoms with E-state index in [0.29, 0.717) is 6.54 Å². The van der Waals surface area contributed by atoms with E-state index in [1.807, 2.05) is 36.4 Å². The lowest BCUT2D eigenvalue weighted by Crippen LogP contribution is -2.39. The van der Waals surface area contributed by atoms with E-state index in [-0.39, 0.29) is 18.4 Å². The highest BCUT2D eigenvalue weighted by atomic mass is 16.2. The lowest BCUT2D eigenvalue weighted by molar-refractivity contribution is -0.123. The van der Waals surface area contributed by atoms with Gasteiger partial charge in [-0.3, -0.25) is 14.6 Å². The number of carbonyl (C=O) groups is 2. The second-order valence-electron chi connectivity index (χ2n) is 7.42. The minimum absolute atomic E-state index is 0.000985. The summed E-state index contributed by atoms with van der Waals surface area (Å²) in [6.07, 6.45) is 5.79. The number of anilines is 2. The first-order valence-electron chi connectivity index (χ1n) is 9.81. The van der Waals surface area contributed by atoms with E-state index < -0.39 is 0 Å². The fraction of sp³-hybridized carbons (Fsp3) is 0.409. The zero-order chi connectivity index (χ0) is 19.9. The van der Waals surface area contributed by atoms with Gasteiger partial charge in [0.2, 0.25) is 11.8 Å². The topological polar surface area (TPSA) is 65.5 Å².